The van der Waals surface area contributed by atoms with Crippen LogP contribution in [0.4, 0.5) is 0 Å². The van der Waals surface area contributed by atoms with Gasteiger partial charge in [0.2, 0.25) is 0 Å². The van der Waals surface area contributed by atoms with Gasteiger partial charge in [0.1, 0.15) is 0 Å². The van der Waals surface area contributed by atoms with Crippen LogP contribution in [0.2, 0.25) is 0 Å². The lowest BCUT2D eigenvalue weighted by Crippen LogP contribution is -2.39. The van der Waals surface area contributed by atoms with Crippen LogP contribution in [0.5, 0.6) is 0 Å². The highest BCUT2D eigenvalue weighted by Crippen LogP contribution is 2.18. The molecule has 26 heavy (non-hydrogen) atoms. The average Bonchev–Trinajstić information content (AvgIpc) is 3.22. The molecule has 3 rings (SSSR count). The molecular formula is C20H29N5O. The first-order chi connectivity index (χ1) is 12.8. The Morgan fingerprint density at radius 2 is 2.12 bits per heavy atom. The Morgan fingerprint density at radius 1 is 1.31 bits per heavy atom. The first-order valence-electron chi connectivity index (χ1n) is 9.35. The van der Waals surface area contributed by atoms with Crippen LogP contribution in [0, 0.1) is 5.92 Å². The van der Waals surface area contributed by atoms with Crippen LogP contribution in [0.25, 0.3) is 5.69 Å². The summed E-state index contributed by atoms with van der Waals surface area (Å²) in [6, 6.07) is 10.2. The molecule has 0 unspecified atom stereocenters. The van der Waals surface area contributed by atoms with Crippen LogP contribution >= 0.6 is 0 Å². The molecule has 0 atom stereocenters. The summed E-state index contributed by atoms with van der Waals surface area (Å²) in [6.45, 7) is 3.53. The molecule has 0 radical (unpaired) electrons. The standard InChI is InChI=1S/C20H29N5O/c1-21-20(24(2)13-8-17-9-14-26-15-10-17)22-16-18-6-3-4-7-19(18)25-12-5-11-23-25/h3-7,11-12,17H,8-10,13-16H2,1-2H3,(H,21,22). The van der Waals surface area contributed by atoms with Gasteiger partial charge < -0.3 is 15.0 Å². The molecule has 0 aliphatic carbocycles. The summed E-state index contributed by atoms with van der Waals surface area (Å²) in [5.74, 6) is 1.69. The Morgan fingerprint density at radius 3 is 2.85 bits per heavy atom. The Balaban J connectivity index is 1.56. The van der Waals surface area contributed by atoms with Crippen molar-refractivity contribution in [1.82, 2.24) is 20.0 Å². The molecule has 6 heteroatoms. The van der Waals surface area contributed by atoms with E-state index in [1.165, 1.54) is 24.8 Å². The molecule has 0 amide bonds. The van der Waals surface area contributed by atoms with Crippen molar-refractivity contribution in [3.8, 4) is 5.69 Å². The third kappa shape index (κ3) is 4.85. The van der Waals surface area contributed by atoms with Crippen molar-refractivity contribution >= 4 is 5.96 Å². The maximum atomic E-state index is 5.45. The van der Waals surface area contributed by atoms with Gasteiger partial charge in [-0.3, -0.25) is 4.99 Å². The zero-order valence-corrected chi connectivity index (χ0v) is 15.8. The average molecular weight is 355 g/mol. The number of aromatic nitrogens is 2. The fourth-order valence-corrected chi connectivity index (χ4v) is 3.37. The van der Waals surface area contributed by atoms with Crippen LogP contribution in [-0.2, 0) is 11.3 Å². The van der Waals surface area contributed by atoms with Crippen LogP contribution in [0.1, 0.15) is 24.8 Å². The Labute approximate surface area is 155 Å². The lowest BCUT2D eigenvalue weighted by molar-refractivity contribution is 0.0625. The van der Waals surface area contributed by atoms with Gasteiger partial charge in [0.05, 0.1) is 5.69 Å². The van der Waals surface area contributed by atoms with E-state index in [0.29, 0.717) is 6.54 Å². The van der Waals surface area contributed by atoms with E-state index in [4.69, 9.17) is 4.74 Å². The second-order valence-corrected chi connectivity index (χ2v) is 6.75. The zero-order valence-electron chi connectivity index (χ0n) is 15.8. The number of para-hydroxylation sites is 1. The number of hydrogen-bond donors (Lipinski definition) is 1. The molecule has 140 valence electrons. The number of nitrogens with zero attached hydrogens (tertiary/aromatic N) is 4. The summed E-state index contributed by atoms with van der Waals surface area (Å²) in [5.41, 5.74) is 2.28. The maximum Gasteiger partial charge on any atom is 0.193 e. The van der Waals surface area contributed by atoms with Gasteiger partial charge in [-0.25, -0.2) is 4.68 Å². The highest BCUT2D eigenvalue weighted by molar-refractivity contribution is 5.79. The fraction of sp³-hybridized carbons (Fsp3) is 0.500. The molecule has 1 saturated heterocycles. The topological polar surface area (TPSA) is 54.7 Å². The summed E-state index contributed by atoms with van der Waals surface area (Å²) < 4.78 is 7.35. The van der Waals surface area contributed by atoms with Crippen molar-refractivity contribution in [2.75, 3.05) is 33.9 Å². The minimum Gasteiger partial charge on any atom is -0.381 e. The Hall–Kier alpha value is -2.34. The van der Waals surface area contributed by atoms with E-state index in [2.05, 4.69) is 45.6 Å². The van der Waals surface area contributed by atoms with E-state index in [1.807, 2.05) is 30.1 Å². The maximum absolute atomic E-state index is 5.45. The number of ether oxygens (including phenoxy) is 1. The zero-order chi connectivity index (χ0) is 18.2. The molecule has 1 fully saturated rings. The number of benzene rings is 1. The van der Waals surface area contributed by atoms with Gasteiger partial charge in [-0.2, -0.15) is 5.10 Å². The van der Waals surface area contributed by atoms with Crippen molar-refractivity contribution < 1.29 is 4.74 Å². The minimum absolute atomic E-state index is 0.713. The van der Waals surface area contributed by atoms with E-state index >= 15 is 0 Å². The molecule has 0 bridgehead atoms. The van der Waals surface area contributed by atoms with Crippen LogP contribution < -0.4 is 5.32 Å². The predicted octanol–water partition coefficient (Wildman–Crippen LogP) is 2.70. The summed E-state index contributed by atoms with van der Waals surface area (Å²) in [5, 5.41) is 7.83. The summed E-state index contributed by atoms with van der Waals surface area (Å²) in [6.07, 6.45) is 7.31. The first kappa shape index (κ1) is 18.5. The third-order valence-corrected chi connectivity index (χ3v) is 4.97. The molecule has 2 aromatic rings. The molecule has 6 nitrogen and oxygen atoms in total. The quantitative estimate of drug-likeness (QED) is 0.639. The number of aliphatic imine (C=N–C) groups is 1. The van der Waals surface area contributed by atoms with E-state index in [0.717, 1.165) is 37.3 Å². The second-order valence-electron chi connectivity index (χ2n) is 6.75. The number of nitrogens with one attached hydrogen (secondary N) is 1. The highest BCUT2D eigenvalue weighted by atomic mass is 16.5. The predicted molar refractivity (Wildman–Crippen MR) is 105 cm³/mol. The van der Waals surface area contributed by atoms with E-state index < -0.39 is 0 Å². The molecule has 1 N–H and O–H groups in total. The monoisotopic (exact) mass is 355 g/mol. The van der Waals surface area contributed by atoms with Gasteiger partial charge >= 0.3 is 0 Å². The molecule has 1 aliphatic rings. The second kappa shape index (κ2) is 9.38. The van der Waals surface area contributed by atoms with Gasteiger partial charge in [-0.1, -0.05) is 18.2 Å². The van der Waals surface area contributed by atoms with Crippen molar-refractivity contribution in [3.05, 3.63) is 48.3 Å². The van der Waals surface area contributed by atoms with Gasteiger partial charge in [0, 0.05) is 52.8 Å². The van der Waals surface area contributed by atoms with Gasteiger partial charge in [-0.15, -0.1) is 0 Å². The molecule has 0 spiro atoms. The molecule has 2 heterocycles. The largest absolute Gasteiger partial charge is 0.381 e. The minimum atomic E-state index is 0.713. The van der Waals surface area contributed by atoms with E-state index in [1.54, 1.807) is 6.20 Å². The van der Waals surface area contributed by atoms with Crippen molar-refractivity contribution in [3.63, 3.8) is 0 Å². The van der Waals surface area contributed by atoms with Crippen molar-refractivity contribution in [2.45, 2.75) is 25.8 Å². The SMILES string of the molecule is CN=C(NCc1ccccc1-n1cccn1)N(C)CCC1CCOCC1. The lowest BCUT2D eigenvalue weighted by atomic mass is 9.96. The Kier molecular flexibility index (Phi) is 6.66. The van der Waals surface area contributed by atoms with Crippen LogP contribution in [0.3, 0.4) is 0 Å². The third-order valence-electron chi connectivity index (χ3n) is 4.97. The van der Waals surface area contributed by atoms with Crippen molar-refractivity contribution in [1.29, 1.82) is 0 Å². The summed E-state index contributed by atoms with van der Waals surface area (Å²) in [4.78, 5) is 6.66. The molecule has 0 saturated carbocycles. The molecule has 1 aromatic heterocycles. The highest BCUT2D eigenvalue weighted by Gasteiger charge is 2.15. The van der Waals surface area contributed by atoms with Gasteiger partial charge in [-0.05, 0) is 42.9 Å². The van der Waals surface area contributed by atoms with Crippen molar-refractivity contribution in [2.24, 2.45) is 10.9 Å². The first-order valence-corrected chi connectivity index (χ1v) is 9.35. The molecular weight excluding hydrogens is 326 g/mol. The normalized spacial score (nSPS) is 15.8. The fourth-order valence-electron chi connectivity index (χ4n) is 3.37. The van der Waals surface area contributed by atoms with Crippen LogP contribution in [-0.4, -0.2) is 54.5 Å². The number of hydrogen-bond acceptors (Lipinski definition) is 3. The Bertz CT molecular complexity index is 692. The van der Waals surface area contributed by atoms with E-state index in [-0.39, 0.29) is 0 Å². The van der Waals surface area contributed by atoms with Crippen LogP contribution in [0.15, 0.2) is 47.7 Å². The lowest BCUT2D eigenvalue weighted by Gasteiger charge is -2.27. The summed E-state index contributed by atoms with van der Waals surface area (Å²) >= 11 is 0. The van der Waals surface area contributed by atoms with Gasteiger partial charge in [0.25, 0.3) is 0 Å². The molecule has 1 aromatic carbocycles. The van der Waals surface area contributed by atoms with Gasteiger partial charge in [0.15, 0.2) is 5.96 Å². The van der Waals surface area contributed by atoms with E-state index in [9.17, 15) is 0 Å². The molecule has 1 aliphatic heterocycles. The summed E-state index contributed by atoms with van der Waals surface area (Å²) in [7, 11) is 3.95. The number of rotatable bonds is 6. The number of guanidine groups is 1. The smallest absolute Gasteiger partial charge is 0.193 e.